The maximum absolute atomic E-state index is 14.4. The molecule has 1 fully saturated rings. The fourth-order valence-corrected chi connectivity index (χ4v) is 8.67. The van der Waals surface area contributed by atoms with E-state index >= 15 is 0 Å². The number of carbonyl (C=O) groups is 2. The molecule has 11 nitrogen and oxygen atoms in total. The van der Waals surface area contributed by atoms with Gasteiger partial charge in [-0.15, -0.1) is 6.58 Å². The molecule has 0 radical (unpaired) electrons. The van der Waals surface area contributed by atoms with Crippen molar-refractivity contribution in [2.75, 3.05) is 33.0 Å². The molecule has 0 saturated heterocycles. The van der Waals surface area contributed by atoms with E-state index in [0.29, 0.717) is 48.6 Å². The molecule has 0 spiro atoms. The molecule has 1 saturated carbocycles. The summed E-state index contributed by atoms with van der Waals surface area (Å²) in [6.45, 7) is 19.0. The molecule has 1 heterocycles. The van der Waals surface area contributed by atoms with Gasteiger partial charge in [-0.05, 0) is 106 Å². The minimum atomic E-state index is -1.39. The molecular formula is C47H66N2O9. The van der Waals surface area contributed by atoms with Crippen molar-refractivity contribution in [3.8, 4) is 17.2 Å². The van der Waals surface area contributed by atoms with Gasteiger partial charge in [-0.1, -0.05) is 70.0 Å². The maximum Gasteiger partial charge on any atom is 0.410 e. The topological polar surface area (TPSA) is 136 Å². The molecular weight excluding hydrogens is 737 g/mol. The van der Waals surface area contributed by atoms with E-state index in [-0.39, 0.29) is 56.0 Å². The van der Waals surface area contributed by atoms with Crippen LogP contribution < -0.4 is 9.47 Å². The second-order valence-corrected chi connectivity index (χ2v) is 18.1. The molecule has 2 aliphatic carbocycles. The normalized spacial score (nSPS) is 24.5. The second-order valence-electron chi connectivity index (χ2n) is 18.1. The number of allylic oxidation sites excluding steroid dienone is 1. The highest BCUT2D eigenvalue weighted by molar-refractivity contribution is 6.03. The van der Waals surface area contributed by atoms with E-state index < -0.39 is 29.4 Å². The van der Waals surface area contributed by atoms with Crippen LogP contribution in [0.2, 0.25) is 0 Å². The van der Waals surface area contributed by atoms with Crippen LogP contribution in [-0.2, 0) is 14.3 Å². The van der Waals surface area contributed by atoms with Crippen LogP contribution in [-0.4, -0.2) is 83.6 Å². The number of nitrogens with zero attached hydrogens (tertiary/aromatic N) is 2. The lowest BCUT2D eigenvalue weighted by Gasteiger charge is -2.60. The summed E-state index contributed by atoms with van der Waals surface area (Å²) < 4.78 is 26.8. The van der Waals surface area contributed by atoms with Crippen LogP contribution in [0.15, 0.2) is 71.9 Å². The van der Waals surface area contributed by atoms with Crippen LogP contribution in [0.1, 0.15) is 122 Å². The van der Waals surface area contributed by atoms with Crippen molar-refractivity contribution in [2.24, 2.45) is 28.3 Å². The summed E-state index contributed by atoms with van der Waals surface area (Å²) in [6.07, 6.45) is 9.94. The Morgan fingerprint density at radius 1 is 1.02 bits per heavy atom. The smallest absolute Gasteiger partial charge is 0.410 e. The number of aldehydes is 1. The molecule has 58 heavy (non-hydrogen) atoms. The van der Waals surface area contributed by atoms with Crippen LogP contribution in [0.3, 0.4) is 0 Å². The molecule has 2 N–H and O–H groups in total. The summed E-state index contributed by atoms with van der Waals surface area (Å²) in [5, 5.41) is 24.7. The Hall–Kier alpha value is -4.19. The molecule has 2 aromatic carbocycles. The number of rotatable bonds is 19. The zero-order valence-electron chi connectivity index (χ0n) is 35.7. The first-order chi connectivity index (χ1) is 27.7. The zero-order chi connectivity index (χ0) is 42.1. The Balaban J connectivity index is 1.79. The molecule has 1 amide bonds. The molecule has 0 bridgehead atoms. The van der Waals surface area contributed by atoms with Crippen LogP contribution >= 0.6 is 0 Å². The summed E-state index contributed by atoms with van der Waals surface area (Å²) >= 11 is 0. The summed E-state index contributed by atoms with van der Waals surface area (Å²) in [5.41, 5.74) is 2.29. The number of ether oxygens (including phenoxy) is 4. The van der Waals surface area contributed by atoms with Crippen LogP contribution in [0, 0.1) is 23.2 Å². The molecule has 3 aliphatic rings. The van der Waals surface area contributed by atoms with E-state index in [2.05, 4.69) is 12.7 Å². The predicted octanol–water partition coefficient (Wildman–Crippen LogP) is 9.62. The van der Waals surface area contributed by atoms with Crippen molar-refractivity contribution in [3.05, 3.63) is 77.9 Å². The first kappa shape index (κ1) is 44.9. The summed E-state index contributed by atoms with van der Waals surface area (Å²) in [7, 11) is 0. The third kappa shape index (κ3) is 10.7. The molecule has 0 aromatic heterocycles. The fraction of sp³-hybridized carbons (Fsp3) is 0.596. The van der Waals surface area contributed by atoms with Gasteiger partial charge < -0.3 is 34.0 Å². The first-order valence-electron chi connectivity index (χ1n) is 21.1. The third-order valence-corrected chi connectivity index (χ3v) is 11.0. The van der Waals surface area contributed by atoms with E-state index in [1.807, 2.05) is 72.7 Å². The van der Waals surface area contributed by atoms with E-state index in [1.165, 1.54) is 0 Å². The van der Waals surface area contributed by atoms with E-state index in [0.717, 1.165) is 48.8 Å². The molecule has 6 unspecified atom stereocenters. The monoisotopic (exact) mass is 802 g/mol. The van der Waals surface area contributed by atoms with Gasteiger partial charge in [-0.25, -0.2) is 4.79 Å². The number of benzene rings is 2. The lowest BCUT2D eigenvalue weighted by molar-refractivity contribution is -0.255. The Kier molecular flexibility index (Phi) is 15.3. The number of unbranched alkanes of at least 4 members (excludes halogenated alkanes) is 2. The average molecular weight is 803 g/mol. The van der Waals surface area contributed by atoms with Crippen molar-refractivity contribution in [1.29, 1.82) is 0 Å². The van der Waals surface area contributed by atoms with Crippen molar-refractivity contribution < 1.29 is 43.6 Å². The van der Waals surface area contributed by atoms with Crippen molar-refractivity contribution in [2.45, 2.75) is 123 Å². The van der Waals surface area contributed by atoms with Gasteiger partial charge in [-0.2, -0.15) is 0 Å². The molecule has 2 aromatic rings. The Morgan fingerprint density at radius 3 is 2.40 bits per heavy atom. The van der Waals surface area contributed by atoms with Gasteiger partial charge in [0, 0.05) is 43.2 Å². The summed E-state index contributed by atoms with van der Waals surface area (Å²) in [4.78, 5) is 34.0. The Labute approximate surface area is 345 Å². The Bertz CT molecular complexity index is 1780. The standard InChI is InChI=1S/C47H66N2O9/c1-9-22-49(44(53)54-31-45(3,4)5)41-29-39(48-58-46(6,7)8)37-27-33(17-11-13-23-50)36(19-12-14-24-51)42-38-28-35(56-34-18-15-16-32(26-34)30-52)20-21-40(38)57-47(41,43(37)42)55-25-10-2/h10,15-16,18,20-21,26-28,30,33,36,41-43,50-51H,2,9,11-14,17,19,22-25,29,31H2,1,3-8H3. The summed E-state index contributed by atoms with van der Waals surface area (Å²) in [5.74, 6) is -0.187. The zero-order valence-corrected chi connectivity index (χ0v) is 35.7. The largest absolute Gasteiger partial charge is 0.459 e. The number of hydrogen-bond donors (Lipinski definition) is 2. The van der Waals surface area contributed by atoms with E-state index in [1.54, 1.807) is 29.2 Å². The summed E-state index contributed by atoms with van der Waals surface area (Å²) in [6, 6.07) is 12.2. The predicted molar refractivity (Wildman–Crippen MR) is 225 cm³/mol. The molecule has 6 atom stereocenters. The van der Waals surface area contributed by atoms with Crippen LogP contribution in [0.4, 0.5) is 4.79 Å². The van der Waals surface area contributed by atoms with Crippen molar-refractivity contribution in [1.82, 2.24) is 4.90 Å². The average Bonchev–Trinajstić information content (AvgIpc) is 3.18. The van der Waals surface area contributed by atoms with Gasteiger partial charge in [0.15, 0.2) is 0 Å². The lowest BCUT2D eigenvalue weighted by Crippen LogP contribution is -2.70. The highest BCUT2D eigenvalue weighted by Gasteiger charge is 2.65. The van der Waals surface area contributed by atoms with Gasteiger partial charge in [0.25, 0.3) is 0 Å². The molecule has 5 rings (SSSR count). The SMILES string of the molecule is C=CCOC12Oc3ccc(Oc4cccc(C=O)c4)cc3C3C(CCCCO)C(CCCCO)C=C(C(=NOC(C)(C)C)CC1N(CCC)C(=O)OCC(C)(C)C)C32. The number of carbonyl (C=O) groups excluding carboxylic acids is 2. The molecule has 318 valence electrons. The molecule has 1 aliphatic heterocycles. The first-order valence-corrected chi connectivity index (χ1v) is 21.1. The van der Waals surface area contributed by atoms with E-state index in [9.17, 15) is 19.8 Å². The fourth-order valence-electron chi connectivity index (χ4n) is 8.67. The van der Waals surface area contributed by atoms with Crippen LogP contribution in [0.5, 0.6) is 17.2 Å². The number of aliphatic hydroxyl groups excluding tert-OH is 2. The number of amides is 1. The van der Waals surface area contributed by atoms with Gasteiger partial charge in [-0.3, -0.25) is 9.69 Å². The van der Waals surface area contributed by atoms with Gasteiger partial charge in [0.1, 0.15) is 35.2 Å². The Morgan fingerprint density at radius 2 is 1.74 bits per heavy atom. The number of aliphatic hydroxyl groups is 2. The van der Waals surface area contributed by atoms with Crippen molar-refractivity contribution >= 4 is 18.1 Å². The minimum absolute atomic E-state index is 0.0537. The minimum Gasteiger partial charge on any atom is -0.459 e. The maximum atomic E-state index is 14.4. The lowest BCUT2D eigenvalue weighted by atomic mass is 9.55. The highest BCUT2D eigenvalue weighted by Crippen LogP contribution is 2.62. The van der Waals surface area contributed by atoms with Gasteiger partial charge in [0.2, 0.25) is 5.79 Å². The third-order valence-electron chi connectivity index (χ3n) is 11.0. The van der Waals surface area contributed by atoms with Gasteiger partial charge >= 0.3 is 6.09 Å². The quantitative estimate of drug-likeness (QED) is 0.0616. The highest BCUT2D eigenvalue weighted by atomic mass is 16.7. The van der Waals surface area contributed by atoms with Gasteiger partial charge in [0.05, 0.1) is 24.8 Å². The number of hydrogen-bond acceptors (Lipinski definition) is 10. The van der Waals surface area contributed by atoms with Crippen LogP contribution in [0.25, 0.3) is 0 Å². The number of oxime groups is 1. The van der Waals surface area contributed by atoms with Crippen molar-refractivity contribution in [3.63, 3.8) is 0 Å². The number of fused-ring (bicyclic) bond motifs is 2. The second kappa shape index (κ2) is 19.7. The molecule has 11 heteroatoms. The van der Waals surface area contributed by atoms with E-state index in [4.69, 9.17) is 28.9 Å².